The lowest BCUT2D eigenvalue weighted by molar-refractivity contribution is -0.132. The Bertz CT molecular complexity index is 717. The SMILES string of the molecule is NCCCCCC(=O)N1CCC[C@@H](c2nc(-c3ccc(F)cc3)no2)C1. The normalized spacial score (nSPS) is 17.5. The summed E-state index contributed by atoms with van der Waals surface area (Å²) in [6, 6.07) is 6.00. The van der Waals surface area contributed by atoms with E-state index in [9.17, 15) is 9.18 Å². The number of hydrogen-bond acceptors (Lipinski definition) is 5. The molecule has 0 bridgehead atoms. The zero-order valence-electron chi connectivity index (χ0n) is 14.9. The minimum Gasteiger partial charge on any atom is -0.342 e. The fourth-order valence-corrected chi connectivity index (χ4v) is 3.28. The van der Waals surface area contributed by atoms with E-state index in [1.165, 1.54) is 12.1 Å². The maximum Gasteiger partial charge on any atom is 0.231 e. The number of carbonyl (C=O) groups is 1. The number of unbranched alkanes of at least 4 members (excludes halogenated alkanes) is 2. The van der Waals surface area contributed by atoms with Crippen LogP contribution in [0, 0.1) is 5.82 Å². The van der Waals surface area contributed by atoms with E-state index in [0.29, 0.717) is 36.8 Å². The van der Waals surface area contributed by atoms with Crippen molar-refractivity contribution < 1.29 is 13.7 Å². The van der Waals surface area contributed by atoms with Gasteiger partial charge in [-0.2, -0.15) is 4.98 Å². The number of amides is 1. The van der Waals surface area contributed by atoms with Gasteiger partial charge in [0.15, 0.2) is 0 Å². The summed E-state index contributed by atoms with van der Waals surface area (Å²) in [4.78, 5) is 18.8. The number of nitrogens with zero attached hydrogens (tertiary/aromatic N) is 3. The van der Waals surface area contributed by atoms with Crippen molar-refractivity contribution in [1.82, 2.24) is 15.0 Å². The lowest BCUT2D eigenvalue weighted by atomic mass is 9.97. The fourth-order valence-electron chi connectivity index (χ4n) is 3.28. The first-order chi connectivity index (χ1) is 12.7. The molecule has 7 heteroatoms. The Kier molecular flexibility index (Phi) is 6.33. The number of aromatic nitrogens is 2. The van der Waals surface area contributed by atoms with E-state index < -0.39 is 0 Å². The molecule has 0 saturated carbocycles. The summed E-state index contributed by atoms with van der Waals surface area (Å²) in [5.41, 5.74) is 6.20. The first-order valence-corrected chi connectivity index (χ1v) is 9.25. The van der Waals surface area contributed by atoms with Gasteiger partial charge in [-0.05, 0) is 56.5 Å². The second kappa shape index (κ2) is 8.89. The number of carbonyl (C=O) groups excluding carboxylic acids is 1. The predicted molar refractivity (Wildman–Crippen MR) is 95.8 cm³/mol. The quantitative estimate of drug-likeness (QED) is 0.767. The molecular formula is C19H25FN4O2. The van der Waals surface area contributed by atoms with Crippen LogP contribution in [0.2, 0.25) is 0 Å². The van der Waals surface area contributed by atoms with E-state index >= 15 is 0 Å². The molecule has 3 rings (SSSR count). The van der Waals surface area contributed by atoms with Gasteiger partial charge < -0.3 is 15.2 Å². The molecule has 26 heavy (non-hydrogen) atoms. The predicted octanol–water partition coefficient (Wildman–Crippen LogP) is 3.10. The number of rotatable bonds is 7. The molecule has 0 aliphatic carbocycles. The molecule has 1 aromatic carbocycles. The van der Waals surface area contributed by atoms with Crippen LogP contribution in [-0.2, 0) is 4.79 Å². The lowest BCUT2D eigenvalue weighted by Gasteiger charge is -2.31. The largest absolute Gasteiger partial charge is 0.342 e. The fraction of sp³-hybridized carbons (Fsp3) is 0.526. The summed E-state index contributed by atoms with van der Waals surface area (Å²) in [6.45, 7) is 2.07. The van der Waals surface area contributed by atoms with Crippen LogP contribution in [-0.4, -0.2) is 40.6 Å². The maximum atomic E-state index is 13.0. The van der Waals surface area contributed by atoms with Crippen LogP contribution in [0.15, 0.2) is 28.8 Å². The molecule has 1 aromatic heterocycles. The maximum absolute atomic E-state index is 13.0. The Hall–Kier alpha value is -2.28. The van der Waals surface area contributed by atoms with Gasteiger partial charge in [0, 0.05) is 25.1 Å². The van der Waals surface area contributed by atoms with Gasteiger partial charge in [-0.15, -0.1) is 0 Å². The smallest absolute Gasteiger partial charge is 0.231 e. The van der Waals surface area contributed by atoms with E-state index in [0.717, 1.165) is 38.6 Å². The first kappa shape index (κ1) is 18.5. The Balaban J connectivity index is 1.59. The minimum atomic E-state index is -0.301. The van der Waals surface area contributed by atoms with Crippen LogP contribution < -0.4 is 5.73 Å². The number of nitrogens with two attached hydrogens (primary N) is 1. The van der Waals surface area contributed by atoms with E-state index in [4.69, 9.17) is 10.3 Å². The van der Waals surface area contributed by atoms with E-state index in [1.54, 1.807) is 12.1 Å². The number of benzene rings is 1. The summed E-state index contributed by atoms with van der Waals surface area (Å²) in [5, 5.41) is 4.01. The third kappa shape index (κ3) is 4.66. The first-order valence-electron chi connectivity index (χ1n) is 9.25. The van der Waals surface area contributed by atoms with Gasteiger partial charge >= 0.3 is 0 Å². The van der Waals surface area contributed by atoms with Crippen molar-refractivity contribution >= 4 is 5.91 Å². The molecule has 140 valence electrons. The van der Waals surface area contributed by atoms with Crippen molar-refractivity contribution in [3.8, 4) is 11.4 Å². The third-order valence-corrected chi connectivity index (χ3v) is 4.76. The topological polar surface area (TPSA) is 85.3 Å². The number of piperidine rings is 1. The van der Waals surface area contributed by atoms with E-state index in [-0.39, 0.29) is 17.6 Å². The molecular weight excluding hydrogens is 335 g/mol. The van der Waals surface area contributed by atoms with Crippen molar-refractivity contribution in [2.75, 3.05) is 19.6 Å². The van der Waals surface area contributed by atoms with Crippen LogP contribution >= 0.6 is 0 Å². The Morgan fingerprint density at radius 1 is 1.27 bits per heavy atom. The van der Waals surface area contributed by atoms with Crippen LogP contribution in [0.4, 0.5) is 4.39 Å². The molecule has 1 aliphatic rings. The average Bonchev–Trinajstić information content (AvgIpc) is 3.16. The van der Waals surface area contributed by atoms with Gasteiger partial charge in [0.05, 0.1) is 5.92 Å². The highest BCUT2D eigenvalue weighted by molar-refractivity contribution is 5.76. The summed E-state index contributed by atoms with van der Waals surface area (Å²) in [5.74, 6) is 0.934. The van der Waals surface area contributed by atoms with Crippen LogP contribution in [0.3, 0.4) is 0 Å². The molecule has 6 nitrogen and oxygen atoms in total. The number of hydrogen-bond donors (Lipinski definition) is 1. The minimum absolute atomic E-state index is 0.0541. The summed E-state index contributed by atoms with van der Waals surface area (Å²) < 4.78 is 18.5. The summed E-state index contributed by atoms with van der Waals surface area (Å²) >= 11 is 0. The second-order valence-corrected chi connectivity index (χ2v) is 6.74. The molecule has 1 saturated heterocycles. The highest BCUT2D eigenvalue weighted by atomic mass is 19.1. The molecule has 1 fully saturated rings. The standard InChI is InChI=1S/C19H25FN4O2/c20-16-9-7-14(8-10-16)18-22-19(26-23-18)15-5-4-12-24(13-15)17(25)6-2-1-3-11-21/h7-10,15H,1-6,11-13,21H2/t15-/m1/s1. The number of halogens is 1. The Morgan fingerprint density at radius 2 is 2.08 bits per heavy atom. The van der Waals surface area contributed by atoms with E-state index in [2.05, 4.69) is 10.1 Å². The van der Waals surface area contributed by atoms with Gasteiger partial charge in [0.25, 0.3) is 0 Å². The van der Waals surface area contributed by atoms with Crippen LogP contribution in [0.5, 0.6) is 0 Å². The molecule has 2 N–H and O–H groups in total. The molecule has 2 aromatic rings. The van der Waals surface area contributed by atoms with Gasteiger partial charge in [0.2, 0.25) is 17.6 Å². The Labute approximate surface area is 152 Å². The molecule has 1 aliphatic heterocycles. The average molecular weight is 360 g/mol. The van der Waals surface area contributed by atoms with Gasteiger partial charge in [-0.25, -0.2) is 4.39 Å². The molecule has 1 amide bonds. The monoisotopic (exact) mass is 360 g/mol. The molecule has 1 atom stereocenters. The van der Waals surface area contributed by atoms with Gasteiger partial charge in [-0.1, -0.05) is 11.6 Å². The van der Waals surface area contributed by atoms with Crippen molar-refractivity contribution in [2.24, 2.45) is 5.73 Å². The molecule has 0 spiro atoms. The van der Waals surface area contributed by atoms with Crippen molar-refractivity contribution in [2.45, 2.75) is 44.4 Å². The van der Waals surface area contributed by atoms with Crippen molar-refractivity contribution in [3.63, 3.8) is 0 Å². The third-order valence-electron chi connectivity index (χ3n) is 4.76. The van der Waals surface area contributed by atoms with Crippen LogP contribution in [0.25, 0.3) is 11.4 Å². The Morgan fingerprint density at radius 3 is 2.85 bits per heavy atom. The lowest BCUT2D eigenvalue weighted by Crippen LogP contribution is -2.39. The highest BCUT2D eigenvalue weighted by Gasteiger charge is 2.28. The zero-order valence-corrected chi connectivity index (χ0v) is 14.9. The molecule has 0 radical (unpaired) electrons. The summed E-state index contributed by atoms with van der Waals surface area (Å²) in [7, 11) is 0. The number of likely N-dealkylation sites (tertiary alicyclic amines) is 1. The van der Waals surface area contributed by atoms with E-state index in [1.807, 2.05) is 4.90 Å². The van der Waals surface area contributed by atoms with Crippen molar-refractivity contribution in [1.29, 1.82) is 0 Å². The van der Waals surface area contributed by atoms with Crippen molar-refractivity contribution in [3.05, 3.63) is 36.0 Å². The summed E-state index contributed by atoms with van der Waals surface area (Å²) in [6.07, 6.45) is 5.24. The second-order valence-electron chi connectivity index (χ2n) is 6.74. The molecule has 0 unspecified atom stereocenters. The van der Waals surface area contributed by atoms with Crippen LogP contribution in [0.1, 0.15) is 50.3 Å². The molecule has 2 heterocycles. The zero-order chi connectivity index (χ0) is 18.4. The van der Waals surface area contributed by atoms with Gasteiger partial charge in [0.1, 0.15) is 5.82 Å². The van der Waals surface area contributed by atoms with Gasteiger partial charge in [-0.3, -0.25) is 4.79 Å². The highest BCUT2D eigenvalue weighted by Crippen LogP contribution is 2.28.